The molecule has 0 spiro atoms. The van der Waals surface area contributed by atoms with Crippen LogP contribution in [0.3, 0.4) is 0 Å². The van der Waals surface area contributed by atoms with Crippen LogP contribution in [0, 0.1) is 53.3 Å². The predicted molar refractivity (Wildman–Crippen MR) is 354 cm³/mol. The molecule has 90 heavy (non-hydrogen) atoms. The Morgan fingerprint density at radius 3 is 1.51 bits per heavy atom. The van der Waals surface area contributed by atoms with Crippen molar-refractivity contribution in [1.82, 2.24) is 69.1 Å². The second-order valence-corrected chi connectivity index (χ2v) is 38.8. The number of likely N-dealkylation sites (tertiary alicyclic amines) is 2. The minimum Gasteiger partial charge on any atom is -0.361 e. The number of ether oxygens (including phenoxy) is 2. The van der Waals surface area contributed by atoms with Gasteiger partial charge in [0, 0.05) is 105 Å². The smallest absolute Gasteiger partial charge is 0.255 e. The molecular formula is C65H83BrN16O6Si2. The maximum atomic E-state index is 14.0. The summed E-state index contributed by atoms with van der Waals surface area (Å²) >= 11 is 3.36. The van der Waals surface area contributed by atoms with E-state index in [9.17, 15) is 24.4 Å². The molecule has 4 aliphatic rings. The second kappa shape index (κ2) is 28.2. The lowest BCUT2D eigenvalue weighted by Gasteiger charge is -2.32. The Hall–Kier alpha value is -7.69. The molecule has 4 fully saturated rings. The minimum atomic E-state index is -1.27. The number of nitriles is 2. The van der Waals surface area contributed by atoms with Crippen molar-refractivity contribution in [1.29, 1.82) is 10.5 Å². The number of aromatic nitrogens is 10. The number of nitrogens with zero attached hydrogens (tertiary/aromatic N) is 14. The molecule has 6 aromatic heterocycles. The lowest BCUT2D eigenvalue weighted by Crippen LogP contribution is -2.51. The van der Waals surface area contributed by atoms with Gasteiger partial charge in [-0.1, -0.05) is 75.7 Å². The zero-order valence-corrected chi connectivity index (χ0v) is 56.8. The Kier molecular flexibility index (Phi) is 20.5. The van der Waals surface area contributed by atoms with Crippen molar-refractivity contribution >= 4 is 99.8 Å². The molecule has 4 amide bonds. The van der Waals surface area contributed by atoms with Gasteiger partial charge in [-0.2, -0.15) is 20.7 Å². The van der Waals surface area contributed by atoms with Crippen molar-refractivity contribution in [2.75, 3.05) is 39.4 Å². The maximum Gasteiger partial charge on any atom is 0.255 e. The summed E-state index contributed by atoms with van der Waals surface area (Å²) in [6.45, 7) is 19.9. The summed E-state index contributed by atoms with van der Waals surface area (Å²) in [7, 11) is 1.38. The third kappa shape index (κ3) is 15.9. The first-order valence-electron chi connectivity index (χ1n) is 31.4. The highest BCUT2D eigenvalue weighted by Crippen LogP contribution is 2.37. The molecule has 0 bridgehead atoms. The Bertz CT molecular complexity index is 3960. The van der Waals surface area contributed by atoms with Gasteiger partial charge in [-0.15, -0.1) is 0 Å². The second-order valence-electron chi connectivity index (χ2n) is 26.8. The van der Waals surface area contributed by atoms with Crippen LogP contribution in [-0.4, -0.2) is 150 Å². The molecule has 2 saturated heterocycles. The number of carbonyl (C=O) groups is 4. The van der Waals surface area contributed by atoms with E-state index in [0.29, 0.717) is 115 Å². The standard InChI is InChI=1S/C32H40N8O3Si.C24H33BrN6O3Si.C9H10N2/c1-38-26-8-6-5-7-23(26)28(37-38)25-18-34-30-29(35-25)24(19-40(30)20-43-15-16-44(2,3)4)31(41)36-27(22-9-10-22)32(42)39-13-11-21(17-33)12-14-39;1-35(2,3)11-10-34-15-31-14-18(21-22(31)27-13-19(25)28-21)23(32)29-20(17-4-5-17)24(33)30-8-6-16(12-26)7-9-30;1-7-8-5-3-4-6-9(8)11(2)10-7/h5-8,18-19,21-22,27H,9-16,20H2,1-4H3,(H,36,41);13-14,16-17,20H,4-11,15H2,1-3H3,(H,29,32);3-6H,1-2H3/t27-;20-;/m11./s1. The Labute approximate surface area is 535 Å². The van der Waals surface area contributed by atoms with Gasteiger partial charge in [0.2, 0.25) is 11.8 Å². The van der Waals surface area contributed by atoms with Crippen molar-refractivity contribution in [3.05, 3.63) is 94.7 Å². The molecule has 8 aromatic rings. The lowest BCUT2D eigenvalue weighted by molar-refractivity contribution is -0.135. The van der Waals surface area contributed by atoms with E-state index in [-0.39, 0.29) is 60.8 Å². The zero-order valence-electron chi connectivity index (χ0n) is 53.2. The van der Waals surface area contributed by atoms with Gasteiger partial charge in [-0.05, 0) is 110 Å². The van der Waals surface area contributed by atoms with Gasteiger partial charge < -0.3 is 39.0 Å². The van der Waals surface area contributed by atoms with E-state index in [1.165, 1.54) is 10.9 Å². The molecule has 2 N–H and O–H groups in total. The fraction of sp³-hybridized carbons (Fsp3) is 0.508. The van der Waals surface area contributed by atoms with E-state index in [1.807, 2.05) is 71.3 Å². The van der Waals surface area contributed by atoms with Crippen molar-refractivity contribution in [2.45, 2.75) is 135 Å². The number of para-hydroxylation sites is 2. The molecular weight excluding hydrogens is 1240 g/mol. The van der Waals surface area contributed by atoms with Gasteiger partial charge in [0.25, 0.3) is 11.8 Å². The number of nitrogens with one attached hydrogen (secondary N) is 2. The van der Waals surface area contributed by atoms with Crippen molar-refractivity contribution in [3.63, 3.8) is 0 Å². The number of hydrogen-bond donors (Lipinski definition) is 2. The molecule has 2 saturated carbocycles. The highest BCUT2D eigenvalue weighted by atomic mass is 79.9. The van der Waals surface area contributed by atoms with Crippen molar-refractivity contribution in [2.24, 2.45) is 37.8 Å². The molecule has 12 rings (SSSR count). The first kappa shape index (κ1) is 65.3. The number of amides is 4. The average molecular weight is 1320 g/mol. The monoisotopic (exact) mass is 1320 g/mol. The zero-order chi connectivity index (χ0) is 64.0. The molecule has 0 unspecified atom stereocenters. The van der Waals surface area contributed by atoms with Crippen LogP contribution in [-0.2, 0) is 46.6 Å². The van der Waals surface area contributed by atoms with Crippen LogP contribution in [0.4, 0.5) is 0 Å². The van der Waals surface area contributed by atoms with Crippen LogP contribution >= 0.6 is 15.9 Å². The fourth-order valence-electron chi connectivity index (χ4n) is 11.5. The molecule has 2 aliphatic carbocycles. The minimum absolute atomic E-state index is 0.00382. The summed E-state index contributed by atoms with van der Waals surface area (Å²) in [5.74, 6) is -0.563. The van der Waals surface area contributed by atoms with Crippen LogP contribution in [0.5, 0.6) is 0 Å². The van der Waals surface area contributed by atoms with Crippen LogP contribution in [0.15, 0.2) is 77.9 Å². The number of fused-ring (bicyclic) bond motifs is 4. The van der Waals surface area contributed by atoms with Crippen LogP contribution < -0.4 is 10.6 Å². The fourth-order valence-corrected chi connectivity index (χ4v) is 13.3. The SMILES string of the molecule is C[Si](C)(C)CCOCn1cc(C(=O)N[C@@H](C(=O)N2CCC(C#N)CC2)C2CC2)c2nc(Br)cnc21.Cc1nn(C)c2ccccc12.Cn1nc(-c2cnc3c(n2)c(C(=O)N[C@@H](C(=O)N2CCC(C#N)CC2)C2CC2)cn3COCC[Si](C)(C)C)c2ccccc21. The van der Waals surface area contributed by atoms with Gasteiger partial charge in [0.1, 0.15) is 52.6 Å². The van der Waals surface area contributed by atoms with E-state index < -0.39 is 28.2 Å². The van der Waals surface area contributed by atoms with Gasteiger partial charge in [0.15, 0.2) is 11.3 Å². The van der Waals surface area contributed by atoms with Gasteiger partial charge >= 0.3 is 0 Å². The normalized spacial score (nSPS) is 16.4. The van der Waals surface area contributed by atoms with Gasteiger partial charge in [-0.3, -0.25) is 28.5 Å². The number of rotatable bonds is 19. The van der Waals surface area contributed by atoms with Crippen LogP contribution in [0.25, 0.3) is 55.5 Å². The molecule has 25 heteroatoms. The average Bonchev–Trinajstić information content (AvgIpc) is 1.81. The largest absolute Gasteiger partial charge is 0.361 e. The number of benzene rings is 2. The van der Waals surface area contributed by atoms with Gasteiger partial charge in [0.05, 0.1) is 52.4 Å². The van der Waals surface area contributed by atoms with E-state index in [2.05, 4.69) is 105 Å². The van der Waals surface area contributed by atoms with Crippen molar-refractivity contribution < 1.29 is 28.7 Å². The molecule has 2 atom stereocenters. The van der Waals surface area contributed by atoms with E-state index >= 15 is 0 Å². The number of piperidine rings is 2. The molecule has 8 heterocycles. The first-order chi connectivity index (χ1) is 43.1. The molecule has 474 valence electrons. The van der Waals surface area contributed by atoms with E-state index in [4.69, 9.17) is 29.8 Å². The maximum absolute atomic E-state index is 14.0. The van der Waals surface area contributed by atoms with Crippen LogP contribution in [0.1, 0.15) is 77.8 Å². The number of hydrogen-bond acceptors (Lipinski definition) is 14. The quantitative estimate of drug-likeness (QED) is 0.0564. The first-order valence-corrected chi connectivity index (χ1v) is 39.6. The Morgan fingerprint density at radius 1 is 0.622 bits per heavy atom. The third-order valence-corrected chi connectivity index (χ3v) is 21.0. The molecule has 2 aliphatic heterocycles. The summed E-state index contributed by atoms with van der Waals surface area (Å²) < 4.78 is 19.8. The van der Waals surface area contributed by atoms with E-state index in [1.54, 1.807) is 39.2 Å². The van der Waals surface area contributed by atoms with Crippen LogP contribution in [0.2, 0.25) is 51.4 Å². The number of carbonyl (C=O) groups excluding carboxylic acids is 4. The summed E-state index contributed by atoms with van der Waals surface area (Å²) in [5.41, 5.74) is 7.29. The van der Waals surface area contributed by atoms with Crippen molar-refractivity contribution in [3.8, 4) is 23.5 Å². The highest BCUT2D eigenvalue weighted by Gasteiger charge is 2.42. The lowest BCUT2D eigenvalue weighted by atomic mass is 9.97. The molecule has 22 nitrogen and oxygen atoms in total. The summed E-state index contributed by atoms with van der Waals surface area (Å²) in [5, 5.41) is 35.7. The summed E-state index contributed by atoms with van der Waals surface area (Å²) in [4.78, 5) is 76.5. The number of halogens is 1. The number of aryl methyl sites for hydroxylation is 3. The van der Waals surface area contributed by atoms with E-state index in [0.717, 1.165) is 54.4 Å². The third-order valence-electron chi connectivity index (χ3n) is 17.3. The molecule has 0 radical (unpaired) electrons. The highest BCUT2D eigenvalue weighted by molar-refractivity contribution is 9.10. The predicted octanol–water partition coefficient (Wildman–Crippen LogP) is 10.2. The summed E-state index contributed by atoms with van der Waals surface area (Å²) in [6, 6.07) is 21.7. The topological polar surface area (TPSA) is 262 Å². The van der Waals surface area contributed by atoms with Gasteiger partial charge in [-0.25, -0.2) is 19.9 Å². The molecule has 2 aromatic carbocycles. The Morgan fingerprint density at radius 2 is 1.06 bits per heavy atom. The summed E-state index contributed by atoms with van der Waals surface area (Å²) in [6.07, 6.45) is 13.1. The Balaban J connectivity index is 0.000000172.